The number of allylic oxidation sites excluding steroid dienone is 1. The Bertz CT molecular complexity index is 784. The van der Waals surface area contributed by atoms with E-state index in [9.17, 15) is 14.7 Å². The SMILES string of the molecule is C[C@@H](C(=O)/C=C/c1ccccc1)[C@@H](O)c1cccn1C(=O)OC(C)(C)C. The molecule has 5 heteroatoms. The van der Waals surface area contributed by atoms with Crippen LogP contribution in [-0.2, 0) is 9.53 Å². The van der Waals surface area contributed by atoms with E-state index >= 15 is 0 Å². The molecule has 0 bridgehead atoms. The van der Waals surface area contributed by atoms with Crippen molar-refractivity contribution in [2.45, 2.75) is 39.4 Å². The van der Waals surface area contributed by atoms with Gasteiger partial charge in [-0.15, -0.1) is 0 Å². The van der Waals surface area contributed by atoms with E-state index in [-0.39, 0.29) is 5.78 Å². The van der Waals surface area contributed by atoms with Crippen molar-refractivity contribution >= 4 is 18.0 Å². The van der Waals surface area contributed by atoms with E-state index in [1.54, 1.807) is 45.9 Å². The summed E-state index contributed by atoms with van der Waals surface area (Å²) in [4.78, 5) is 24.7. The lowest BCUT2D eigenvalue weighted by Crippen LogP contribution is -2.29. The van der Waals surface area contributed by atoms with Crippen LogP contribution < -0.4 is 0 Å². The van der Waals surface area contributed by atoms with Crippen LogP contribution in [0.2, 0.25) is 0 Å². The summed E-state index contributed by atoms with van der Waals surface area (Å²) in [6.45, 7) is 6.94. The number of ether oxygens (including phenoxy) is 1. The molecule has 0 spiro atoms. The van der Waals surface area contributed by atoms with Crippen LogP contribution in [0.3, 0.4) is 0 Å². The quantitative estimate of drug-likeness (QED) is 0.815. The average Bonchev–Trinajstić information content (AvgIpc) is 3.07. The molecule has 0 aliphatic heterocycles. The van der Waals surface area contributed by atoms with Crippen molar-refractivity contribution in [3.8, 4) is 0 Å². The molecule has 5 nitrogen and oxygen atoms in total. The van der Waals surface area contributed by atoms with Gasteiger partial charge in [-0.1, -0.05) is 43.3 Å². The summed E-state index contributed by atoms with van der Waals surface area (Å²) in [5.41, 5.74) is 0.580. The predicted octanol–water partition coefficient (Wildman–Crippen LogP) is 4.22. The van der Waals surface area contributed by atoms with Crippen molar-refractivity contribution in [2.75, 3.05) is 0 Å². The molecule has 1 aromatic heterocycles. The predicted molar refractivity (Wildman–Crippen MR) is 101 cm³/mol. The van der Waals surface area contributed by atoms with Crippen LogP contribution >= 0.6 is 0 Å². The Morgan fingerprint density at radius 1 is 1.12 bits per heavy atom. The van der Waals surface area contributed by atoms with Gasteiger partial charge in [0.15, 0.2) is 5.78 Å². The van der Waals surface area contributed by atoms with E-state index in [4.69, 9.17) is 4.74 Å². The Kier molecular flexibility index (Phi) is 6.16. The first-order valence-corrected chi connectivity index (χ1v) is 8.54. The molecule has 0 saturated carbocycles. The number of hydrogen-bond donors (Lipinski definition) is 1. The molecule has 0 aliphatic carbocycles. The lowest BCUT2D eigenvalue weighted by atomic mass is 9.96. The van der Waals surface area contributed by atoms with Gasteiger partial charge in [-0.3, -0.25) is 9.36 Å². The van der Waals surface area contributed by atoms with Gasteiger partial charge in [0.2, 0.25) is 0 Å². The highest BCUT2D eigenvalue weighted by molar-refractivity contribution is 5.95. The average molecular weight is 355 g/mol. The third-order valence-corrected chi connectivity index (χ3v) is 3.84. The summed E-state index contributed by atoms with van der Waals surface area (Å²) in [7, 11) is 0. The minimum atomic E-state index is -1.12. The largest absolute Gasteiger partial charge is 0.443 e. The molecule has 2 atom stereocenters. The van der Waals surface area contributed by atoms with Gasteiger partial charge in [-0.2, -0.15) is 0 Å². The van der Waals surface area contributed by atoms with E-state index in [1.165, 1.54) is 16.8 Å². The number of aliphatic hydroxyl groups excluding tert-OH is 1. The fourth-order valence-corrected chi connectivity index (χ4v) is 2.42. The molecule has 1 N–H and O–H groups in total. The monoisotopic (exact) mass is 355 g/mol. The van der Waals surface area contributed by atoms with Gasteiger partial charge in [0.25, 0.3) is 0 Å². The first-order valence-electron chi connectivity index (χ1n) is 8.54. The van der Waals surface area contributed by atoms with Crippen LogP contribution in [0.4, 0.5) is 4.79 Å². The molecule has 1 heterocycles. The third kappa shape index (κ3) is 5.17. The lowest BCUT2D eigenvalue weighted by Gasteiger charge is -2.22. The van der Waals surface area contributed by atoms with E-state index in [0.717, 1.165) is 5.56 Å². The maximum absolute atomic E-state index is 12.4. The third-order valence-electron chi connectivity index (χ3n) is 3.84. The molecule has 0 fully saturated rings. The van der Waals surface area contributed by atoms with Crippen molar-refractivity contribution in [2.24, 2.45) is 5.92 Å². The molecule has 0 aliphatic rings. The molecule has 0 unspecified atom stereocenters. The maximum Gasteiger partial charge on any atom is 0.418 e. The number of nitrogens with zero attached hydrogens (tertiary/aromatic N) is 1. The standard InChI is InChI=1S/C21H25NO4/c1-15(18(23)13-12-16-9-6-5-7-10-16)19(24)17-11-8-14-22(17)20(25)26-21(2,3)4/h5-15,19,24H,1-4H3/b13-12+/t15-,19+/m0/s1. The van der Waals surface area contributed by atoms with Crippen LogP contribution in [0.15, 0.2) is 54.7 Å². The summed E-state index contributed by atoms with van der Waals surface area (Å²) >= 11 is 0. The maximum atomic E-state index is 12.4. The summed E-state index contributed by atoms with van der Waals surface area (Å²) in [5.74, 6) is -0.927. The van der Waals surface area contributed by atoms with Gasteiger partial charge >= 0.3 is 6.09 Å². The lowest BCUT2D eigenvalue weighted by molar-refractivity contribution is -0.121. The van der Waals surface area contributed by atoms with Gasteiger partial charge in [0.05, 0.1) is 11.6 Å². The zero-order valence-corrected chi connectivity index (χ0v) is 15.5. The van der Waals surface area contributed by atoms with Crippen LogP contribution in [0.1, 0.15) is 45.1 Å². The number of benzene rings is 1. The summed E-state index contributed by atoms with van der Waals surface area (Å²) in [6.07, 6.45) is 2.97. The molecule has 0 saturated heterocycles. The summed E-state index contributed by atoms with van der Waals surface area (Å²) < 4.78 is 6.57. The summed E-state index contributed by atoms with van der Waals surface area (Å²) in [5, 5.41) is 10.6. The second-order valence-corrected chi connectivity index (χ2v) is 7.16. The highest BCUT2D eigenvalue weighted by Gasteiger charge is 2.27. The van der Waals surface area contributed by atoms with E-state index in [0.29, 0.717) is 5.69 Å². The second kappa shape index (κ2) is 8.15. The van der Waals surface area contributed by atoms with Gasteiger partial charge < -0.3 is 9.84 Å². The number of carbonyl (C=O) groups is 2. The molecule has 2 rings (SSSR count). The Morgan fingerprint density at radius 3 is 2.38 bits per heavy atom. The van der Waals surface area contributed by atoms with Crippen LogP contribution in [0, 0.1) is 5.92 Å². The van der Waals surface area contributed by atoms with Gasteiger partial charge in [0.1, 0.15) is 11.7 Å². The minimum Gasteiger partial charge on any atom is -0.443 e. The number of hydrogen-bond acceptors (Lipinski definition) is 4. The topological polar surface area (TPSA) is 68.5 Å². The number of carbonyl (C=O) groups excluding carboxylic acids is 2. The number of ketones is 1. The minimum absolute atomic E-state index is 0.224. The van der Waals surface area contributed by atoms with Crippen molar-refractivity contribution < 1.29 is 19.4 Å². The van der Waals surface area contributed by atoms with Crippen molar-refractivity contribution in [1.82, 2.24) is 4.57 Å². The van der Waals surface area contributed by atoms with Gasteiger partial charge in [-0.25, -0.2) is 4.79 Å². The molecule has 0 amide bonds. The van der Waals surface area contributed by atoms with E-state index < -0.39 is 23.7 Å². The zero-order valence-electron chi connectivity index (χ0n) is 15.5. The van der Waals surface area contributed by atoms with Crippen molar-refractivity contribution in [3.05, 3.63) is 66.0 Å². The molecule has 2 aromatic rings. The second-order valence-electron chi connectivity index (χ2n) is 7.16. The highest BCUT2D eigenvalue weighted by atomic mass is 16.6. The normalized spacial score (nSPS) is 14.2. The first-order chi connectivity index (χ1) is 12.2. The van der Waals surface area contributed by atoms with Crippen LogP contribution in [-0.4, -0.2) is 27.2 Å². The fraction of sp³-hybridized carbons (Fsp3) is 0.333. The molecular weight excluding hydrogens is 330 g/mol. The Labute approximate surface area is 153 Å². The van der Waals surface area contributed by atoms with Gasteiger partial charge in [0, 0.05) is 6.20 Å². The Hall–Kier alpha value is -2.66. The number of rotatable bonds is 5. The van der Waals surface area contributed by atoms with E-state index in [2.05, 4.69) is 0 Å². The van der Waals surface area contributed by atoms with Crippen molar-refractivity contribution in [3.63, 3.8) is 0 Å². The number of aliphatic hydroxyl groups is 1. The molecular formula is C21H25NO4. The summed E-state index contributed by atoms with van der Waals surface area (Å²) in [6, 6.07) is 12.7. The fourth-order valence-electron chi connectivity index (χ4n) is 2.42. The molecule has 1 aromatic carbocycles. The van der Waals surface area contributed by atoms with Crippen LogP contribution in [0.25, 0.3) is 6.08 Å². The highest BCUT2D eigenvalue weighted by Crippen LogP contribution is 2.24. The Morgan fingerprint density at radius 2 is 1.77 bits per heavy atom. The first kappa shape index (κ1) is 19.7. The smallest absolute Gasteiger partial charge is 0.418 e. The van der Waals surface area contributed by atoms with Gasteiger partial charge in [-0.05, 0) is 44.5 Å². The molecule has 26 heavy (non-hydrogen) atoms. The van der Waals surface area contributed by atoms with Crippen LogP contribution in [0.5, 0.6) is 0 Å². The van der Waals surface area contributed by atoms with E-state index in [1.807, 2.05) is 30.3 Å². The Balaban J connectivity index is 2.12. The number of aromatic nitrogens is 1. The molecule has 0 radical (unpaired) electrons. The molecule has 138 valence electrons. The zero-order chi connectivity index (χ0) is 19.3. The van der Waals surface area contributed by atoms with Crippen molar-refractivity contribution in [1.29, 1.82) is 0 Å².